The number of halogens is 1. The van der Waals surface area contributed by atoms with Crippen LogP contribution < -0.4 is 0 Å². The Balaban J connectivity index is 2.04. The summed E-state index contributed by atoms with van der Waals surface area (Å²) in [6, 6.07) is 8.47. The van der Waals surface area contributed by atoms with Gasteiger partial charge < -0.3 is 0 Å². The van der Waals surface area contributed by atoms with Crippen LogP contribution in [0, 0.1) is 5.92 Å². The Labute approximate surface area is 118 Å². The summed E-state index contributed by atoms with van der Waals surface area (Å²) in [4.78, 5) is 0.618. The molecule has 0 bridgehead atoms. The number of rotatable bonds is 5. The van der Waals surface area contributed by atoms with Gasteiger partial charge in [-0.25, -0.2) is 0 Å². The topological polar surface area (TPSA) is 17.8 Å². The lowest BCUT2D eigenvalue weighted by atomic mass is 10.0. The van der Waals surface area contributed by atoms with Gasteiger partial charge in [-0.3, -0.25) is 4.68 Å². The molecule has 0 N–H and O–H groups in total. The summed E-state index contributed by atoms with van der Waals surface area (Å²) in [6.45, 7) is 4.52. The molecule has 0 aliphatic heterocycles. The van der Waals surface area contributed by atoms with Crippen LogP contribution in [0.15, 0.2) is 24.3 Å². The summed E-state index contributed by atoms with van der Waals surface area (Å²) < 4.78 is 1.98. The minimum absolute atomic E-state index is 0.618. The summed E-state index contributed by atoms with van der Waals surface area (Å²) >= 11 is 3.75. The van der Waals surface area contributed by atoms with Crippen LogP contribution in [0.3, 0.4) is 0 Å². The fraction of sp³-hybridized carbons (Fsp3) is 0.533. The largest absolute Gasteiger partial charge is 0.268 e. The molecule has 0 spiro atoms. The second-order valence-electron chi connectivity index (χ2n) is 5.24. The van der Waals surface area contributed by atoms with Crippen LogP contribution in [0.25, 0.3) is 10.9 Å². The number of aromatic nitrogens is 2. The third-order valence-electron chi connectivity index (χ3n) is 3.45. The van der Waals surface area contributed by atoms with E-state index in [1.165, 1.54) is 29.4 Å². The summed E-state index contributed by atoms with van der Waals surface area (Å²) in [5, 5.41) is 5.93. The van der Waals surface area contributed by atoms with Crippen LogP contribution in [0.2, 0.25) is 0 Å². The van der Waals surface area contributed by atoms with E-state index in [-0.39, 0.29) is 0 Å². The Morgan fingerprint density at radius 1 is 1.28 bits per heavy atom. The highest BCUT2D eigenvalue weighted by atomic mass is 79.9. The maximum absolute atomic E-state index is 4.63. The Morgan fingerprint density at radius 3 is 2.72 bits per heavy atom. The first kappa shape index (κ1) is 13.6. The first-order valence-corrected chi connectivity index (χ1v) is 7.56. The van der Waals surface area contributed by atoms with Crippen molar-refractivity contribution in [2.24, 2.45) is 13.0 Å². The molecule has 0 aliphatic carbocycles. The van der Waals surface area contributed by atoms with E-state index in [2.05, 4.69) is 59.1 Å². The first-order chi connectivity index (χ1) is 8.59. The third kappa shape index (κ3) is 2.94. The van der Waals surface area contributed by atoms with Crippen molar-refractivity contribution in [3.05, 3.63) is 30.0 Å². The maximum Gasteiger partial charge on any atom is 0.0703 e. The van der Waals surface area contributed by atoms with E-state index in [4.69, 9.17) is 0 Å². The van der Waals surface area contributed by atoms with Crippen LogP contribution in [0.5, 0.6) is 0 Å². The molecule has 0 fully saturated rings. The summed E-state index contributed by atoms with van der Waals surface area (Å²) in [6.07, 6.45) is 3.47. The van der Waals surface area contributed by atoms with Crippen LogP contribution in [0.1, 0.15) is 32.4 Å². The second kappa shape index (κ2) is 5.87. The first-order valence-electron chi connectivity index (χ1n) is 6.64. The van der Waals surface area contributed by atoms with E-state index in [0.29, 0.717) is 10.7 Å². The molecular weight excluding hydrogens is 288 g/mol. The number of fused-ring (bicyclic) bond motifs is 1. The summed E-state index contributed by atoms with van der Waals surface area (Å²) in [5.41, 5.74) is 2.46. The molecule has 1 heterocycles. The Morgan fingerprint density at radius 2 is 2.00 bits per heavy atom. The van der Waals surface area contributed by atoms with Gasteiger partial charge in [0.15, 0.2) is 0 Å². The van der Waals surface area contributed by atoms with Crippen LogP contribution >= 0.6 is 15.9 Å². The molecule has 1 atom stereocenters. The van der Waals surface area contributed by atoms with E-state index in [9.17, 15) is 0 Å². The van der Waals surface area contributed by atoms with Gasteiger partial charge >= 0.3 is 0 Å². The minimum atomic E-state index is 0.618. The molecule has 2 aromatic rings. The third-order valence-corrected chi connectivity index (χ3v) is 4.97. The van der Waals surface area contributed by atoms with Gasteiger partial charge in [0, 0.05) is 17.3 Å². The molecule has 1 aromatic carbocycles. The van der Waals surface area contributed by atoms with Gasteiger partial charge in [0.1, 0.15) is 0 Å². The van der Waals surface area contributed by atoms with Gasteiger partial charge in [0.25, 0.3) is 0 Å². The van der Waals surface area contributed by atoms with Crippen molar-refractivity contribution < 1.29 is 0 Å². The Bertz CT molecular complexity index is 516. The van der Waals surface area contributed by atoms with Crippen molar-refractivity contribution in [1.29, 1.82) is 0 Å². The molecule has 0 amide bonds. The number of benzene rings is 1. The van der Waals surface area contributed by atoms with Gasteiger partial charge in [0.05, 0.1) is 11.2 Å². The Hall–Kier alpha value is -0.830. The highest BCUT2D eigenvalue weighted by molar-refractivity contribution is 9.09. The van der Waals surface area contributed by atoms with E-state index in [1.807, 2.05) is 11.7 Å². The van der Waals surface area contributed by atoms with Gasteiger partial charge in [-0.15, -0.1) is 0 Å². The van der Waals surface area contributed by atoms with Crippen molar-refractivity contribution in [1.82, 2.24) is 9.78 Å². The molecule has 0 aliphatic rings. The molecule has 0 saturated carbocycles. The van der Waals surface area contributed by atoms with Crippen LogP contribution in [0.4, 0.5) is 0 Å². The number of nitrogens with zero attached hydrogens (tertiary/aromatic N) is 2. The van der Waals surface area contributed by atoms with Crippen molar-refractivity contribution in [3.8, 4) is 0 Å². The van der Waals surface area contributed by atoms with Crippen LogP contribution in [-0.4, -0.2) is 14.6 Å². The van der Waals surface area contributed by atoms with Gasteiger partial charge in [0.2, 0.25) is 0 Å². The number of aryl methyl sites for hydroxylation is 2. The average Bonchev–Trinajstić information content (AvgIpc) is 2.67. The van der Waals surface area contributed by atoms with Gasteiger partial charge in [-0.1, -0.05) is 48.0 Å². The molecule has 18 heavy (non-hydrogen) atoms. The Kier molecular flexibility index (Phi) is 4.44. The lowest BCUT2D eigenvalue weighted by Crippen LogP contribution is -2.07. The summed E-state index contributed by atoms with van der Waals surface area (Å²) in [7, 11) is 2.02. The van der Waals surface area contributed by atoms with Crippen molar-refractivity contribution in [2.75, 3.05) is 0 Å². The van der Waals surface area contributed by atoms with Crippen LogP contribution in [-0.2, 0) is 13.5 Å². The fourth-order valence-corrected chi connectivity index (χ4v) is 2.59. The zero-order valence-electron chi connectivity index (χ0n) is 11.4. The van der Waals surface area contributed by atoms with Gasteiger partial charge in [-0.2, -0.15) is 5.10 Å². The predicted octanol–water partition coefficient (Wildman–Crippen LogP) is 4.32. The van der Waals surface area contributed by atoms with Crippen molar-refractivity contribution >= 4 is 26.8 Å². The number of alkyl halides is 1. The average molecular weight is 309 g/mol. The highest BCUT2D eigenvalue weighted by Crippen LogP contribution is 2.22. The van der Waals surface area contributed by atoms with Crippen molar-refractivity contribution in [3.63, 3.8) is 0 Å². The van der Waals surface area contributed by atoms with E-state index >= 15 is 0 Å². The SMILES string of the molecule is CC(C)C(Br)CCCc1nn(C)c2ccccc12. The minimum Gasteiger partial charge on any atom is -0.268 e. The lowest BCUT2D eigenvalue weighted by molar-refractivity contribution is 0.559. The monoisotopic (exact) mass is 308 g/mol. The molecule has 1 aromatic heterocycles. The zero-order chi connectivity index (χ0) is 13.1. The van der Waals surface area contributed by atoms with Crippen molar-refractivity contribution in [2.45, 2.75) is 37.9 Å². The molecule has 1 unspecified atom stereocenters. The molecule has 0 saturated heterocycles. The molecule has 3 heteroatoms. The summed E-state index contributed by atoms with van der Waals surface area (Å²) in [5.74, 6) is 0.700. The highest BCUT2D eigenvalue weighted by Gasteiger charge is 2.11. The number of para-hydroxylation sites is 1. The zero-order valence-corrected chi connectivity index (χ0v) is 12.9. The molecular formula is C15H21BrN2. The lowest BCUT2D eigenvalue weighted by Gasteiger charge is -2.12. The normalized spacial score (nSPS) is 13.4. The molecule has 98 valence electrons. The molecule has 2 nitrogen and oxygen atoms in total. The standard InChI is InChI=1S/C15H21BrN2/c1-11(2)13(16)8-6-9-14-12-7-4-5-10-15(12)18(3)17-14/h4-5,7,10-11,13H,6,8-9H2,1-3H3. The van der Waals surface area contributed by atoms with E-state index in [0.717, 1.165) is 6.42 Å². The van der Waals surface area contributed by atoms with Gasteiger partial charge in [-0.05, 0) is 31.2 Å². The number of hydrogen-bond acceptors (Lipinski definition) is 1. The second-order valence-corrected chi connectivity index (χ2v) is 6.42. The van der Waals surface area contributed by atoms with E-state index < -0.39 is 0 Å². The predicted molar refractivity (Wildman–Crippen MR) is 81.2 cm³/mol. The maximum atomic E-state index is 4.63. The molecule has 2 rings (SSSR count). The smallest absolute Gasteiger partial charge is 0.0703 e. The quantitative estimate of drug-likeness (QED) is 0.752. The fourth-order valence-electron chi connectivity index (χ4n) is 2.27. The number of hydrogen-bond donors (Lipinski definition) is 0. The molecule has 0 radical (unpaired) electrons. The van der Waals surface area contributed by atoms with E-state index in [1.54, 1.807) is 0 Å².